The molecule has 0 bridgehead atoms. The first-order valence-corrected chi connectivity index (χ1v) is 5.73. The number of ether oxygens (including phenoxy) is 1. The number of fused-ring (bicyclic) bond motifs is 1. The summed E-state index contributed by atoms with van der Waals surface area (Å²) in [5.74, 6) is 0.927. The van der Waals surface area contributed by atoms with Crippen LogP contribution in [0.2, 0.25) is 0 Å². The number of aromatic nitrogens is 1. The van der Waals surface area contributed by atoms with Gasteiger partial charge in [-0.2, -0.15) is 0 Å². The minimum Gasteiger partial charge on any atom is -0.488 e. The molecule has 0 aliphatic heterocycles. The standard InChI is InChI=1S/C13H14N2O2/c14-12-5-4-11-10(12)2-1-3-13(11)16-7-9-6-15-17-8-9/h1-3,6,8,12H,4-5,7,14H2. The fraction of sp³-hybridized carbons (Fsp3) is 0.308. The first-order chi connectivity index (χ1) is 8.34. The van der Waals surface area contributed by atoms with Gasteiger partial charge >= 0.3 is 0 Å². The van der Waals surface area contributed by atoms with E-state index >= 15 is 0 Å². The molecule has 0 fully saturated rings. The minimum atomic E-state index is 0.157. The maximum atomic E-state index is 6.03. The molecule has 0 amide bonds. The average Bonchev–Trinajstić information content (AvgIpc) is 2.97. The highest BCUT2D eigenvalue weighted by molar-refractivity contribution is 5.44. The number of nitrogens with zero attached hydrogens (tertiary/aromatic N) is 1. The number of benzene rings is 1. The highest BCUT2D eigenvalue weighted by Crippen LogP contribution is 2.35. The first-order valence-electron chi connectivity index (χ1n) is 5.73. The summed E-state index contributed by atoms with van der Waals surface area (Å²) in [5, 5.41) is 3.64. The Bertz CT molecular complexity index is 508. The highest BCUT2D eigenvalue weighted by Gasteiger charge is 2.21. The molecule has 3 rings (SSSR count). The molecule has 2 N–H and O–H groups in total. The van der Waals surface area contributed by atoms with Crippen molar-refractivity contribution in [1.29, 1.82) is 0 Å². The van der Waals surface area contributed by atoms with Crippen molar-refractivity contribution in [3.63, 3.8) is 0 Å². The quantitative estimate of drug-likeness (QED) is 0.878. The fourth-order valence-electron chi connectivity index (χ4n) is 2.25. The molecule has 17 heavy (non-hydrogen) atoms. The van der Waals surface area contributed by atoms with Crippen molar-refractivity contribution in [3.05, 3.63) is 47.3 Å². The van der Waals surface area contributed by atoms with Crippen LogP contribution in [0.1, 0.15) is 29.2 Å². The second kappa shape index (κ2) is 4.22. The summed E-state index contributed by atoms with van der Waals surface area (Å²) in [6.07, 6.45) is 5.25. The average molecular weight is 230 g/mol. The van der Waals surface area contributed by atoms with Crippen LogP contribution in [-0.4, -0.2) is 5.16 Å². The van der Waals surface area contributed by atoms with Gasteiger partial charge in [0.05, 0.1) is 6.20 Å². The Morgan fingerprint density at radius 2 is 2.41 bits per heavy atom. The summed E-state index contributed by atoms with van der Waals surface area (Å²) in [6, 6.07) is 6.22. The molecule has 88 valence electrons. The maximum absolute atomic E-state index is 6.03. The zero-order valence-electron chi connectivity index (χ0n) is 9.43. The van der Waals surface area contributed by atoms with Gasteiger partial charge in [-0.05, 0) is 30.0 Å². The van der Waals surface area contributed by atoms with Gasteiger partial charge in [0.2, 0.25) is 0 Å². The van der Waals surface area contributed by atoms with Crippen LogP contribution >= 0.6 is 0 Å². The lowest BCUT2D eigenvalue weighted by Gasteiger charge is -2.10. The second-order valence-corrected chi connectivity index (χ2v) is 4.29. The summed E-state index contributed by atoms with van der Waals surface area (Å²) in [6.45, 7) is 0.481. The Hall–Kier alpha value is -1.81. The molecule has 1 aromatic heterocycles. The molecule has 0 radical (unpaired) electrons. The van der Waals surface area contributed by atoms with E-state index in [1.165, 1.54) is 11.1 Å². The summed E-state index contributed by atoms with van der Waals surface area (Å²) >= 11 is 0. The molecule has 1 unspecified atom stereocenters. The van der Waals surface area contributed by atoms with Gasteiger partial charge in [0.15, 0.2) is 0 Å². The predicted octanol–water partition coefficient (Wildman–Crippen LogP) is 2.20. The lowest BCUT2D eigenvalue weighted by Crippen LogP contribution is -2.05. The van der Waals surface area contributed by atoms with Crippen LogP contribution in [0.25, 0.3) is 0 Å². The molecule has 0 saturated heterocycles. The summed E-state index contributed by atoms with van der Waals surface area (Å²) in [4.78, 5) is 0. The summed E-state index contributed by atoms with van der Waals surface area (Å²) in [5.41, 5.74) is 9.42. The molecule has 2 aromatic rings. The van der Waals surface area contributed by atoms with Gasteiger partial charge in [0.25, 0.3) is 0 Å². The molecule has 1 aliphatic carbocycles. The van der Waals surface area contributed by atoms with E-state index in [1.807, 2.05) is 12.1 Å². The molecule has 1 aliphatic rings. The molecule has 1 aromatic carbocycles. The van der Waals surface area contributed by atoms with Crippen molar-refractivity contribution in [2.75, 3.05) is 0 Å². The van der Waals surface area contributed by atoms with Crippen LogP contribution in [0.4, 0.5) is 0 Å². The van der Waals surface area contributed by atoms with Gasteiger partial charge in [-0.1, -0.05) is 17.3 Å². The Labute approximate surface area is 99.4 Å². The van der Waals surface area contributed by atoms with Crippen molar-refractivity contribution < 1.29 is 9.26 Å². The van der Waals surface area contributed by atoms with Crippen molar-refractivity contribution >= 4 is 0 Å². The van der Waals surface area contributed by atoms with E-state index in [4.69, 9.17) is 15.0 Å². The van der Waals surface area contributed by atoms with E-state index < -0.39 is 0 Å². The highest BCUT2D eigenvalue weighted by atomic mass is 16.5. The molecule has 0 spiro atoms. The van der Waals surface area contributed by atoms with Gasteiger partial charge in [-0.15, -0.1) is 0 Å². The van der Waals surface area contributed by atoms with Crippen molar-refractivity contribution in [2.24, 2.45) is 5.73 Å². The van der Waals surface area contributed by atoms with Crippen LogP contribution in [-0.2, 0) is 13.0 Å². The van der Waals surface area contributed by atoms with Crippen LogP contribution in [0, 0.1) is 0 Å². The van der Waals surface area contributed by atoms with Crippen molar-refractivity contribution in [3.8, 4) is 5.75 Å². The Kier molecular flexibility index (Phi) is 2.57. The largest absolute Gasteiger partial charge is 0.488 e. The molecule has 4 nitrogen and oxygen atoms in total. The molecular weight excluding hydrogens is 216 g/mol. The third kappa shape index (κ3) is 1.91. The number of rotatable bonds is 3. The van der Waals surface area contributed by atoms with E-state index in [2.05, 4.69) is 11.2 Å². The van der Waals surface area contributed by atoms with Crippen LogP contribution < -0.4 is 10.5 Å². The second-order valence-electron chi connectivity index (χ2n) is 4.29. The summed E-state index contributed by atoms with van der Waals surface area (Å²) in [7, 11) is 0. The number of hydrogen-bond donors (Lipinski definition) is 1. The lowest BCUT2D eigenvalue weighted by molar-refractivity contribution is 0.301. The normalized spacial score (nSPS) is 18.1. The zero-order chi connectivity index (χ0) is 11.7. The van der Waals surface area contributed by atoms with Gasteiger partial charge in [0, 0.05) is 11.6 Å². The van der Waals surface area contributed by atoms with Crippen molar-refractivity contribution in [1.82, 2.24) is 5.16 Å². The van der Waals surface area contributed by atoms with E-state index in [1.54, 1.807) is 12.5 Å². The Morgan fingerprint density at radius 3 is 3.24 bits per heavy atom. The zero-order valence-corrected chi connectivity index (χ0v) is 9.43. The fourth-order valence-corrected chi connectivity index (χ4v) is 2.25. The third-order valence-electron chi connectivity index (χ3n) is 3.15. The molecule has 1 heterocycles. The summed E-state index contributed by atoms with van der Waals surface area (Å²) < 4.78 is 10.5. The Balaban J connectivity index is 1.80. The number of hydrogen-bond acceptors (Lipinski definition) is 4. The number of nitrogens with two attached hydrogens (primary N) is 1. The third-order valence-corrected chi connectivity index (χ3v) is 3.15. The smallest absolute Gasteiger partial charge is 0.130 e. The van der Waals surface area contributed by atoms with E-state index in [9.17, 15) is 0 Å². The molecule has 0 saturated carbocycles. The monoisotopic (exact) mass is 230 g/mol. The van der Waals surface area contributed by atoms with Crippen LogP contribution in [0.5, 0.6) is 5.75 Å². The molecule has 1 atom stereocenters. The lowest BCUT2D eigenvalue weighted by atomic mass is 10.1. The van der Waals surface area contributed by atoms with Gasteiger partial charge < -0.3 is 15.0 Å². The van der Waals surface area contributed by atoms with E-state index in [0.717, 1.165) is 24.2 Å². The van der Waals surface area contributed by atoms with Crippen molar-refractivity contribution in [2.45, 2.75) is 25.5 Å². The predicted molar refractivity (Wildman–Crippen MR) is 62.5 cm³/mol. The molecular formula is C13H14N2O2. The maximum Gasteiger partial charge on any atom is 0.130 e. The van der Waals surface area contributed by atoms with Gasteiger partial charge in [0.1, 0.15) is 18.6 Å². The van der Waals surface area contributed by atoms with E-state index in [0.29, 0.717) is 6.61 Å². The SMILES string of the molecule is NC1CCc2c(OCc3cnoc3)cccc21. The van der Waals surface area contributed by atoms with Gasteiger partial charge in [-0.25, -0.2) is 0 Å². The Morgan fingerprint density at radius 1 is 1.47 bits per heavy atom. The van der Waals surface area contributed by atoms with Crippen LogP contribution in [0.3, 0.4) is 0 Å². The topological polar surface area (TPSA) is 61.3 Å². The van der Waals surface area contributed by atoms with E-state index in [-0.39, 0.29) is 6.04 Å². The first kappa shape index (κ1) is 10.4. The minimum absolute atomic E-state index is 0.157. The van der Waals surface area contributed by atoms with Gasteiger partial charge in [-0.3, -0.25) is 0 Å². The molecule has 4 heteroatoms. The van der Waals surface area contributed by atoms with Crippen LogP contribution in [0.15, 0.2) is 35.2 Å².